The van der Waals surface area contributed by atoms with Gasteiger partial charge in [-0.3, -0.25) is 9.59 Å². The summed E-state index contributed by atoms with van der Waals surface area (Å²) in [5.41, 5.74) is -0.108. The molecule has 0 spiro atoms. The van der Waals surface area contributed by atoms with E-state index >= 15 is 0 Å². The van der Waals surface area contributed by atoms with Gasteiger partial charge in [0.25, 0.3) is 5.91 Å². The molecule has 1 fully saturated rings. The topological polar surface area (TPSA) is 77.8 Å². The van der Waals surface area contributed by atoms with Crippen molar-refractivity contribution in [3.63, 3.8) is 0 Å². The molecule has 5 nitrogen and oxygen atoms in total. The lowest BCUT2D eigenvalue weighted by Crippen LogP contribution is -2.46. The van der Waals surface area contributed by atoms with Gasteiger partial charge in [0.2, 0.25) is 0 Å². The minimum atomic E-state index is -0.861. The number of amides is 1. The number of phenolic OH excluding ortho intramolecular Hbond substituents is 1. The van der Waals surface area contributed by atoms with E-state index in [9.17, 15) is 14.0 Å². The van der Waals surface area contributed by atoms with Crippen LogP contribution in [0.2, 0.25) is 0 Å². The van der Waals surface area contributed by atoms with Crippen LogP contribution in [-0.4, -0.2) is 39.6 Å². The van der Waals surface area contributed by atoms with Gasteiger partial charge in [-0.15, -0.1) is 0 Å². The summed E-state index contributed by atoms with van der Waals surface area (Å²) in [5.74, 6) is -2.81. The Morgan fingerprint density at radius 2 is 2.10 bits per heavy atom. The number of rotatable bonds is 2. The van der Waals surface area contributed by atoms with Crippen LogP contribution in [0.1, 0.15) is 30.1 Å². The Labute approximate surface area is 115 Å². The Hall–Kier alpha value is -2.11. The highest BCUT2D eigenvalue weighted by Crippen LogP contribution is 2.26. The monoisotopic (exact) mass is 281 g/mol. The van der Waals surface area contributed by atoms with E-state index in [0.29, 0.717) is 12.8 Å². The van der Waals surface area contributed by atoms with Gasteiger partial charge in [0.15, 0.2) is 0 Å². The molecule has 2 unspecified atom stereocenters. The zero-order valence-corrected chi connectivity index (χ0v) is 11.0. The molecule has 1 aliphatic heterocycles. The second-order valence-electron chi connectivity index (χ2n) is 5.07. The molecular formula is C14H16FNO4. The van der Waals surface area contributed by atoms with Gasteiger partial charge >= 0.3 is 5.97 Å². The van der Waals surface area contributed by atoms with E-state index in [1.54, 1.807) is 6.92 Å². The lowest BCUT2D eigenvalue weighted by Gasteiger charge is -2.36. The van der Waals surface area contributed by atoms with Gasteiger partial charge in [-0.05, 0) is 31.9 Å². The summed E-state index contributed by atoms with van der Waals surface area (Å²) in [4.78, 5) is 24.7. The van der Waals surface area contributed by atoms with Crippen molar-refractivity contribution in [2.45, 2.75) is 25.8 Å². The fraction of sp³-hybridized carbons (Fsp3) is 0.429. The quantitative estimate of drug-likeness (QED) is 0.867. The number of carbonyl (C=O) groups excluding carboxylic acids is 1. The standard InChI is InChI=1S/C14H16FNO4/c1-8-6-9(14(19)20)4-5-16(8)13(18)11-3-2-10(17)7-12(11)15/h2-3,7-9,17H,4-6H2,1H3,(H,19,20). The Morgan fingerprint density at radius 3 is 2.65 bits per heavy atom. The molecule has 1 saturated heterocycles. The van der Waals surface area contributed by atoms with Crippen molar-refractivity contribution in [1.82, 2.24) is 4.90 Å². The first kappa shape index (κ1) is 14.3. The zero-order chi connectivity index (χ0) is 14.9. The third-order valence-corrected chi connectivity index (χ3v) is 3.67. The summed E-state index contributed by atoms with van der Waals surface area (Å²) >= 11 is 0. The third kappa shape index (κ3) is 2.74. The van der Waals surface area contributed by atoms with E-state index in [1.165, 1.54) is 17.0 Å². The van der Waals surface area contributed by atoms with Crippen molar-refractivity contribution in [3.05, 3.63) is 29.6 Å². The van der Waals surface area contributed by atoms with Crippen LogP contribution in [0.5, 0.6) is 5.75 Å². The van der Waals surface area contributed by atoms with E-state index in [-0.39, 0.29) is 23.9 Å². The van der Waals surface area contributed by atoms with Crippen LogP contribution in [0.4, 0.5) is 4.39 Å². The number of aromatic hydroxyl groups is 1. The summed E-state index contributed by atoms with van der Waals surface area (Å²) in [6, 6.07) is 3.13. The second-order valence-corrected chi connectivity index (χ2v) is 5.07. The predicted octanol–water partition coefficient (Wildman–Crippen LogP) is 1.86. The molecule has 0 aliphatic carbocycles. The number of phenols is 1. The highest BCUT2D eigenvalue weighted by molar-refractivity contribution is 5.95. The van der Waals surface area contributed by atoms with Crippen LogP contribution in [0.3, 0.4) is 0 Å². The van der Waals surface area contributed by atoms with E-state index in [1.807, 2.05) is 0 Å². The number of hydrogen-bond donors (Lipinski definition) is 2. The van der Waals surface area contributed by atoms with Gasteiger partial charge in [-0.2, -0.15) is 0 Å². The van der Waals surface area contributed by atoms with Gasteiger partial charge in [-0.1, -0.05) is 0 Å². The number of nitrogens with zero attached hydrogens (tertiary/aromatic N) is 1. The summed E-state index contributed by atoms with van der Waals surface area (Å²) in [5, 5.41) is 18.1. The normalized spacial score (nSPS) is 22.6. The van der Waals surface area contributed by atoms with Crippen LogP contribution in [-0.2, 0) is 4.79 Å². The number of benzene rings is 1. The van der Waals surface area contributed by atoms with Gasteiger partial charge in [0.05, 0.1) is 11.5 Å². The van der Waals surface area contributed by atoms with Crippen molar-refractivity contribution < 1.29 is 24.2 Å². The van der Waals surface area contributed by atoms with Crippen LogP contribution >= 0.6 is 0 Å². The van der Waals surface area contributed by atoms with Crippen molar-refractivity contribution in [1.29, 1.82) is 0 Å². The first-order valence-corrected chi connectivity index (χ1v) is 6.42. The number of aliphatic carboxylic acids is 1. The van der Waals surface area contributed by atoms with Crippen LogP contribution < -0.4 is 0 Å². The highest BCUT2D eigenvalue weighted by atomic mass is 19.1. The second kappa shape index (κ2) is 5.48. The first-order chi connectivity index (χ1) is 9.40. The number of carboxylic acids is 1. The third-order valence-electron chi connectivity index (χ3n) is 3.67. The Bertz CT molecular complexity index is 546. The Kier molecular flexibility index (Phi) is 3.92. The van der Waals surface area contributed by atoms with Crippen molar-refractivity contribution in [3.8, 4) is 5.75 Å². The summed E-state index contributed by atoms with van der Waals surface area (Å²) in [7, 11) is 0. The number of piperidine rings is 1. The number of carboxylic acid groups (broad SMARTS) is 1. The van der Waals surface area contributed by atoms with E-state index in [2.05, 4.69) is 0 Å². The van der Waals surface area contributed by atoms with Crippen molar-refractivity contribution in [2.24, 2.45) is 5.92 Å². The molecular weight excluding hydrogens is 265 g/mol. The molecule has 1 aromatic carbocycles. The molecule has 1 aromatic rings. The Morgan fingerprint density at radius 1 is 1.40 bits per heavy atom. The lowest BCUT2D eigenvalue weighted by molar-refractivity contribution is -0.143. The van der Waals surface area contributed by atoms with Crippen LogP contribution in [0.15, 0.2) is 18.2 Å². The lowest BCUT2D eigenvalue weighted by atomic mass is 9.91. The molecule has 1 aliphatic rings. The highest BCUT2D eigenvalue weighted by Gasteiger charge is 2.33. The number of likely N-dealkylation sites (tertiary alicyclic amines) is 1. The molecule has 20 heavy (non-hydrogen) atoms. The molecule has 0 aromatic heterocycles. The van der Waals surface area contributed by atoms with Gasteiger partial charge in [0, 0.05) is 18.7 Å². The average molecular weight is 281 g/mol. The molecule has 1 heterocycles. The number of hydrogen-bond acceptors (Lipinski definition) is 3. The summed E-state index contributed by atoms with van der Waals surface area (Å²) in [6.45, 7) is 2.04. The largest absolute Gasteiger partial charge is 0.508 e. The van der Waals surface area contributed by atoms with E-state index in [4.69, 9.17) is 10.2 Å². The van der Waals surface area contributed by atoms with E-state index < -0.39 is 23.6 Å². The van der Waals surface area contributed by atoms with Crippen LogP contribution in [0, 0.1) is 11.7 Å². The minimum absolute atomic E-state index is 0.108. The maximum absolute atomic E-state index is 13.7. The SMILES string of the molecule is CC1CC(C(=O)O)CCN1C(=O)c1ccc(O)cc1F. The summed E-state index contributed by atoms with van der Waals surface area (Å²) in [6.07, 6.45) is 0.728. The molecule has 6 heteroatoms. The molecule has 108 valence electrons. The Balaban J connectivity index is 2.16. The minimum Gasteiger partial charge on any atom is -0.508 e. The molecule has 0 saturated carbocycles. The molecule has 2 rings (SSSR count). The van der Waals surface area contributed by atoms with Gasteiger partial charge in [0.1, 0.15) is 11.6 Å². The molecule has 0 radical (unpaired) electrons. The van der Waals surface area contributed by atoms with E-state index in [0.717, 1.165) is 6.07 Å². The van der Waals surface area contributed by atoms with Crippen molar-refractivity contribution >= 4 is 11.9 Å². The molecule has 2 N–H and O–H groups in total. The maximum atomic E-state index is 13.7. The smallest absolute Gasteiger partial charge is 0.306 e. The fourth-order valence-electron chi connectivity index (χ4n) is 2.53. The average Bonchev–Trinajstić information content (AvgIpc) is 2.37. The summed E-state index contributed by atoms with van der Waals surface area (Å²) < 4.78 is 13.7. The number of halogens is 1. The molecule has 0 bridgehead atoms. The fourth-order valence-corrected chi connectivity index (χ4v) is 2.53. The van der Waals surface area contributed by atoms with Crippen LogP contribution in [0.25, 0.3) is 0 Å². The first-order valence-electron chi connectivity index (χ1n) is 6.42. The molecule has 1 amide bonds. The van der Waals surface area contributed by atoms with Crippen molar-refractivity contribution in [2.75, 3.05) is 6.54 Å². The van der Waals surface area contributed by atoms with Gasteiger partial charge < -0.3 is 15.1 Å². The predicted molar refractivity (Wildman–Crippen MR) is 68.9 cm³/mol. The zero-order valence-electron chi connectivity index (χ0n) is 11.0. The van der Waals surface area contributed by atoms with Gasteiger partial charge in [-0.25, -0.2) is 4.39 Å². The molecule has 2 atom stereocenters. The number of carbonyl (C=O) groups is 2. The maximum Gasteiger partial charge on any atom is 0.306 e.